The number of aryl methyl sites for hydroxylation is 2. The normalized spacial score (nSPS) is 11.3. The van der Waals surface area contributed by atoms with Crippen LogP contribution in [-0.4, -0.2) is 15.9 Å². The first-order valence-corrected chi connectivity index (χ1v) is 7.44. The van der Waals surface area contributed by atoms with Gasteiger partial charge >= 0.3 is 0 Å². The molecular weight excluding hydrogens is 274 g/mol. The predicted molar refractivity (Wildman–Crippen MR) is 87.8 cm³/mol. The Labute approximate surface area is 132 Å². The van der Waals surface area contributed by atoms with E-state index in [4.69, 9.17) is 0 Å². The number of aromatic nitrogens is 2. The van der Waals surface area contributed by atoms with Crippen LogP contribution in [0, 0.1) is 13.8 Å². The molecule has 1 aromatic heterocycles. The van der Waals surface area contributed by atoms with Crippen molar-refractivity contribution in [1.29, 1.82) is 0 Å². The highest BCUT2D eigenvalue weighted by Crippen LogP contribution is 2.22. The van der Waals surface area contributed by atoms with Crippen LogP contribution in [0.4, 0.5) is 0 Å². The van der Waals surface area contributed by atoms with Crippen molar-refractivity contribution in [3.8, 4) is 0 Å². The monoisotopic (exact) mass is 297 g/mol. The quantitative estimate of drug-likeness (QED) is 0.945. The van der Waals surface area contributed by atoms with E-state index in [2.05, 4.69) is 36.1 Å². The van der Waals surface area contributed by atoms with Gasteiger partial charge in [-0.1, -0.05) is 38.5 Å². The molecule has 0 spiro atoms. The molecule has 1 N–H and O–H groups in total. The van der Waals surface area contributed by atoms with Crippen molar-refractivity contribution in [3.05, 3.63) is 58.7 Å². The van der Waals surface area contributed by atoms with Gasteiger partial charge < -0.3 is 5.32 Å². The maximum absolute atomic E-state index is 12.4. The molecule has 4 nitrogen and oxygen atoms in total. The first-order chi connectivity index (χ1) is 10.3. The van der Waals surface area contributed by atoms with Gasteiger partial charge in [-0.05, 0) is 25.5 Å². The van der Waals surface area contributed by atoms with E-state index in [9.17, 15) is 4.79 Å². The molecule has 2 aromatic rings. The third-order valence-electron chi connectivity index (χ3n) is 3.56. The number of nitrogens with one attached hydrogen (secondary N) is 1. The Hall–Kier alpha value is -2.23. The van der Waals surface area contributed by atoms with Crippen LogP contribution in [0.25, 0.3) is 0 Å². The first-order valence-electron chi connectivity index (χ1n) is 7.44. The minimum atomic E-state index is -0.0806. The fraction of sp³-hybridized carbons (Fsp3) is 0.389. The van der Waals surface area contributed by atoms with Crippen molar-refractivity contribution in [2.45, 2.75) is 46.6 Å². The second-order valence-corrected chi connectivity index (χ2v) is 6.65. The van der Waals surface area contributed by atoms with E-state index in [-0.39, 0.29) is 11.3 Å². The van der Waals surface area contributed by atoms with E-state index in [0.29, 0.717) is 12.1 Å². The topological polar surface area (TPSA) is 54.9 Å². The third kappa shape index (κ3) is 3.70. The summed E-state index contributed by atoms with van der Waals surface area (Å²) in [4.78, 5) is 20.8. The van der Waals surface area contributed by atoms with Crippen LogP contribution < -0.4 is 5.32 Å². The zero-order valence-electron chi connectivity index (χ0n) is 13.9. The lowest BCUT2D eigenvalue weighted by atomic mass is 9.89. The van der Waals surface area contributed by atoms with Gasteiger partial charge in [0, 0.05) is 29.3 Å². The van der Waals surface area contributed by atoms with Gasteiger partial charge in [0.15, 0.2) is 0 Å². The van der Waals surface area contributed by atoms with E-state index in [0.717, 1.165) is 22.4 Å². The molecule has 4 heteroatoms. The van der Waals surface area contributed by atoms with Crippen molar-refractivity contribution < 1.29 is 4.79 Å². The summed E-state index contributed by atoms with van der Waals surface area (Å²) in [6, 6.07) is 5.83. The van der Waals surface area contributed by atoms with Crippen molar-refractivity contribution in [1.82, 2.24) is 15.3 Å². The molecule has 2 rings (SSSR count). The fourth-order valence-electron chi connectivity index (χ4n) is 2.50. The SMILES string of the molecule is Cc1ccc(C(=O)NCc2cncnc2C(C)(C)C)c(C)c1. The average molecular weight is 297 g/mol. The Morgan fingerprint density at radius 3 is 2.59 bits per heavy atom. The van der Waals surface area contributed by atoms with Crippen molar-refractivity contribution in [3.63, 3.8) is 0 Å². The van der Waals surface area contributed by atoms with Crippen LogP contribution in [-0.2, 0) is 12.0 Å². The molecule has 116 valence electrons. The van der Waals surface area contributed by atoms with Gasteiger partial charge in [0.25, 0.3) is 5.91 Å². The number of carbonyl (C=O) groups is 1. The van der Waals surface area contributed by atoms with E-state index in [1.165, 1.54) is 0 Å². The summed E-state index contributed by atoms with van der Waals surface area (Å²) in [5, 5.41) is 2.97. The van der Waals surface area contributed by atoms with Crippen LogP contribution in [0.15, 0.2) is 30.7 Å². The summed E-state index contributed by atoms with van der Waals surface area (Å²) in [5.74, 6) is -0.0683. The zero-order chi connectivity index (χ0) is 16.3. The maximum Gasteiger partial charge on any atom is 0.251 e. The Morgan fingerprint density at radius 2 is 1.95 bits per heavy atom. The summed E-state index contributed by atoms with van der Waals surface area (Å²) in [7, 11) is 0. The molecule has 1 amide bonds. The highest BCUT2D eigenvalue weighted by molar-refractivity contribution is 5.95. The van der Waals surface area contributed by atoms with E-state index < -0.39 is 0 Å². The molecule has 0 saturated carbocycles. The smallest absolute Gasteiger partial charge is 0.251 e. The van der Waals surface area contributed by atoms with E-state index >= 15 is 0 Å². The second kappa shape index (κ2) is 6.26. The largest absolute Gasteiger partial charge is 0.348 e. The Bertz CT molecular complexity index is 687. The van der Waals surface area contributed by atoms with Crippen molar-refractivity contribution in [2.24, 2.45) is 0 Å². The summed E-state index contributed by atoms with van der Waals surface area (Å²) in [5.41, 5.74) is 4.68. The number of carbonyl (C=O) groups excluding carboxylic acids is 1. The number of hydrogen-bond donors (Lipinski definition) is 1. The molecule has 0 aliphatic rings. The maximum atomic E-state index is 12.4. The number of nitrogens with zero attached hydrogens (tertiary/aromatic N) is 2. The van der Waals surface area contributed by atoms with Gasteiger partial charge in [0.05, 0.1) is 5.69 Å². The third-order valence-corrected chi connectivity index (χ3v) is 3.56. The fourth-order valence-corrected chi connectivity index (χ4v) is 2.50. The Kier molecular flexibility index (Phi) is 4.59. The van der Waals surface area contributed by atoms with Crippen molar-refractivity contribution in [2.75, 3.05) is 0 Å². The molecule has 0 aliphatic carbocycles. The number of rotatable bonds is 3. The Morgan fingerprint density at radius 1 is 1.23 bits per heavy atom. The van der Waals surface area contributed by atoms with Crippen LogP contribution in [0.3, 0.4) is 0 Å². The van der Waals surface area contributed by atoms with E-state index in [1.54, 1.807) is 12.5 Å². The van der Waals surface area contributed by atoms with Gasteiger partial charge in [-0.3, -0.25) is 4.79 Å². The molecule has 1 aromatic carbocycles. The molecule has 0 atom stereocenters. The zero-order valence-corrected chi connectivity index (χ0v) is 13.9. The number of hydrogen-bond acceptors (Lipinski definition) is 3. The summed E-state index contributed by atoms with van der Waals surface area (Å²) >= 11 is 0. The molecule has 0 saturated heterocycles. The lowest BCUT2D eigenvalue weighted by Crippen LogP contribution is -2.26. The average Bonchev–Trinajstić information content (AvgIpc) is 2.44. The highest BCUT2D eigenvalue weighted by Gasteiger charge is 2.20. The number of benzene rings is 1. The summed E-state index contributed by atoms with van der Waals surface area (Å²) < 4.78 is 0. The predicted octanol–water partition coefficient (Wildman–Crippen LogP) is 3.32. The molecule has 0 fully saturated rings. The lowest BCUT2D eigenvalue weighted by molar-refractivity contribution is 0.0950. The van der Waals surface area contributed by atoms with Gasteiger partial charge in [-0.25, -0.2) is 9.97 Å². The van der Waals surface area contributed by atoms with Gasteiger partial charge in [0.2, 0.25) is 0 Å². The number of amides is 1. The van der Waals surface area contributed by atoms with Crippen LogP contribution in [0.1, 0.15) is 53.5 Å². The molecule has 0 aliphatic heterocycles. The molecule has 22 heavy (non-hydrogen) atoms. The summed E-state index contributed by atoms with van der Waals surface area (Å²) in [6.07, 6.45) is 3.33. The first kappa shape index (κ1) is 16.1. The lowest BCUT2D eigenvalue weighted by Gasteiger charge is -2.21. The van der Waals surface area contributed by atoms with Gasteiger partial charge in [0.1, 0.15) is 6.33 Å². The van der Waals surface area contributed by atoms with Gasteiger partial charge in [-0.2, -0.15) is 0 Å². The summed E-state index contributed by atoms with van der Waals surface area (Å²) in [6.45, 7) is 10.7. The molecule has 0 radical (unpaired) electrons. The molecule has 0 unspecified atom stereocenters. The van der Waals surface area contributed by atoms with Gasteiger partial charge in [-0.15, -0.1) is 0 Å². The molecule has 0 bridgehead atoms. The minimum Gasteiger partial charge on any atom is -0.348 e. The molecular formula is C18H23N3O. The molecule has 1 heterocycles. The minimum absolute atomic E-state index is 0.0683. The van der Waals surface area contributed by atoms with Crippen LogP contribution in [0.2, 0.25) is 0 Å². The van der Waals surface area contributed by atoms with Crippen LogP contribution >= 0.6 is 0 Å². The standard InChI is InChI=1S/C18H23N3O/c1-12-6-7-15(13(2)8-12)17(22)20-10-14-9-19-11-21-16(14)18(3,4)5/h6-9,11H,10H2,1-5H3,(H,20,22). The second-order valence-electron chi connectivity index (χ2n) is 6.65. The van der Waals surface area contributed by atoms with Crippen molar-refractivity contribution >= 4 is 5.91 Å². The van der Waals surface area contributed by atoms with E-state index in [1.807, 2.05) is 32.0 Å². The van der Waals surface area contributed by atoms with Crippen LogP contribution in [0.5, 0.6) is 0 Å². The Balaban J connectivity index is 2.15. The highest BCUT2D eigenvalue weighted by atomic mass is 16.1.